The van der Waals surface area contributed by atoms with Crippen molar-refractivity contribution in [3.05, 3.63) is 0 Å². The van der Waals surface area contributed by atoms with E-state index in [9.17, 15) is 5.11 Å². The molecular formula is C9H19NO2S. The van der Waals surface area contributed by atoms with Crippen molar-refractivity contribution in [2.75, 3.05) is 24.7 Å². The Labute approximate surface area is 84.2 Å². The first kappa shape index (κ1) is 11.3. The Bertz CT molecular complexity index is 146. The van der Waals surface area contributed by atoms with E-state index in [-0.39, 0.29) is 12.1 Å². The van der Waals surface area contributed by atoms with Crippen LogP contribution in [0.4, 0.5) is 0 Å². The van der Waals surface area contributed by atoms with E-state index in [0.29, 0.717) is 19.3 Å². The monoisotopic (exact) mass is 205 g/mol. The van der Waals surface area contributed by atoms with Gasteiger partial charge in [0, 0.05) is 11.8 Å². The van der Waals surface area contributed by atoms with Gasteiger partial charge in [-0.2, -0.15) is 11.8 Å². The number of thioether (sulfide) groups is 1. The lowest BCUT2D eigenvalue weighted by Gasteiger charge is -2.20. The summed E-state index contributed by atoms with van der Waals surface area (Å²) in [6.07, 6.45) is -0.325. The average molecular weight is 205 g/mol. The molecule has 13 heavy (non-hydrogen) atoms. The number of ether oxygens (including phenoxy) is 1. The average Bonchev–Trinajstić information content (AvgIpc) is 2.48. The van der Waals surface area contributed by atoms with Crippen LogP contribution in [-0.2, 0) is 4.74 Å². The van der Waals surface area contributed by atoms with Crippen LogP contribution in [0.3, 0.4) is 0 Å². The lowest BCUT2D eigenvalue weighted by atomic mass is 10.2. The highest BCUT2D eigenvalue weighted by Crippen LogP contribution is 2.08. The molecule has 0 aromatic rings. The molecule has 0 amide bonds. The number of hydrogen-bond donors (Lipinski definition) is 2. The summed E-state index contributed by atoms with van der Waals surface area (Å²) in [4.78, 5) is 0. The van der Waals surface area contributed by atoms with E-state index in [1.54, 1.807) is 0 Å². The zero-order valence-corrected chi connectivity index (χ0v) is 9.14. The molecule has 0 aromatic carbocycles. The van der Waals surface area contributed by atoms with Crippen LogP contribution in [-0.4, -0.2) is 48.0 Å². The van der Waals surface area contributed by atoms with Crippen LogP contribution in [0.2, 0.25) is 0 Å². The molecule has 78 valence electrons. The zero-order valence-electron chi connectivity index (χ0n) is 8.32. The summed E-state index contributed by atoms with van der Waals surface area (Å²) in [6.45, 7) is 5.42. The second-order valence-corrected chi connectivity index (χ2v) is 4.76. The minimum atomic E-state index is -0.325. The summed E-state index contributed by atoms with van der Waals surface area (Å²) in [5.41, 5.74) is 0. The molecule has 0 aliphatic carbocycles. The Morgan fingerprint density at radius 3 is 2.92 bits per heavy atom. The lowest BCUT2D eigenvalue weighted by Crippen LogP contribution is -2.44. The highest BCUT2D eigenvalue weighted by Gasteiger charge is 2.26. The van der Waals surface area contributed by atoms with Crippen molar-refractivity contribution < 1.29 is 9.84 Å². The lowest BCUT2D eigenvalue weighted by molar-refractivity contribution is 0.121. The Hall–Kier alpha value is 0.230. The molecule has 4 heteroatoms. The summed E-state index contributed by atoms with van der Waals surface area (Å²) < 4.78 is 5.16. The van der Waals surface area contributed by atoms with E-state index in [1.165, 1.54) is 0 Å². The van der Waals surface area contributed by atoms with Crippen LogP contribution in [0, 0.1) is 0 Å². The number of aliphatic hydroxyl groups is 1. The van der Waals surface area contributed by atoms with E-state index < -0.39 is 0 Å². The van der Waals surface area contributed by atoms with Crippen molar-refractivity contribution in [2.24, 2.45) is 0 Å². The third-order valence-corrected chi connectivity index (χ3v) is 3.27. The largest absolute Gasteiger partial charge is 0.389 e. The molecule has 0 saturated carbocycles. The van der Waals surface area contributed by atoms with Gasteiger partial charge in [0.05, 0.1) is 25.4 Å². The standard InChI is InChI=1S/C9H19NO2S/c1-3-13-6-7(2)10-8-4-12-5-9(8)11/h7-11H,3-6H2,1-2H3. The van der Waals surface area contributed by atoms with Gasteiger partial charge in [0.25, 0.3) is 0 Å². The topological polar surface area (TPSA) is 41.5 Å². The second kappa shape index (κ2) is 5.86. The molecular weight excluding hydrogens is 186 g/mol. The first-order valence-electron chi connectivity index (χ1n) is 4.83. The molecule has 0 aromatic heterocycles. The SMILES string of the molecule is CCSCC(C)NC1COCC1O. The maximum atomic E-state index is 9.47. The number of rotatable bonds is 5. The zero-order chi connectivity index (χ0) is 9.68. The van der Waals surface area contributed by atoms with Crippen molar-refractivity contribution >= 4 is 11.8 Å². The van der Waals surface area contributed by atoms with Gasteiger partial charge in [-0.3, -0.25) is 0 Å². The third-order valence-electron chi connectivity index (χ3n) is 2.12. The predicted molar refractivity (Wildman–Crippen MR) is 56.2 cm³/mol. The van der Waals surface area contributed by atoms with Crippen molar-refractivity contribution in [1.82, 2.24) is 5.32 Å². The molecule has 1 aliphatic rings. The van der Waals surface area contributed by atoms with Crippen molar-refractivity contribution in [1.29, 1.82) is 0 Å². The highest BCUT2D eigenvalue weighted by molar-refractivity contribution is 7.99. The van der Waals surface area contributed by atoms with Gasteiger partial charge in [0.2, 0.25) is 0 Å². The van der Waals surface area contributed by atoms with Gasteiger partial charge >= 0.3 is 0 Å². The quantitative estimate of drug-likeness (QED) is 0.685. The molecule has 0 radical (unpaired) electrons. The molecule has 1 aliphatic heterocycles. The Morgan fingerprint density at radius 2 is 2.38 bits per heavy atom. The fraction of sp³-hybridized carbons (Fsp3) is 1.00. The maximum absolute atomic E-state index is 9.47. The van der Waals surface area contributed by atoms with Gasteiger partial charge in [-0.1, -0.05) is 6.92 Å². The Kier molecular flexibility index (Phi) is 5.09. The van der Waals surface area contributed by atoms with Crippen molar-refractivity contribution in [3.8, 4) is 0 Å². The number of hydrogen-bond acceptors (Lipinski definition) is 4. The van der Waals surface area contributed by atoms with Crippen LogP contribution < -0.4 is 5.32 Å². The van der Waals surface area contributed by atoms with E-state index in [4.69, 9.17) is 4.74 Å². The summed E-state index contributed by atoms with van der Waals surface area (Å²) in [7, 11) is 0. The van der Waals surface area contributed by atoms with E-state index >= 15 is 0 Å². The fourth-order valence-corrected chi connectivity index (χ4v) is 2.10. The summed E-state index contributed by atoms with van der Waals surface area (Å²) in [5, 5.41) is 12.8. The third kappa shape index (κ3) is 3.85. The van der Waals surface area contributed by atoms with Crippen LogP contribution in [0.1, 0.15) is 13.8 Å². The van der Waals surface area contributed by atoms with Crippen LogP contribution in [0.5, 0.6) is 0 Å². The molecule has 3 atom stereocenters. The first-order chi connectivity index (χ1) is 6.24. The molecule has 3 nitrogen and oxygen atoms in total. The minimum absolute atomic E-state index is 0.132. The fourth-order valence-electron chi connectivity index (χ4n) is 1.41. The van der Waals surface area contributed by atoms with Gasteiger partial charge in [0.1, 0.15) is 0 Å². The van der Waals surface area contributed by atoms with Gasteiger partial charge in [-0.15, -0.1) is 0 Å². The van der Waals surface area contributed by atoms with Gasteiger partial charge in [0.15, 0.2) is 0 Å². The smallest absolute Gasteiger partial charge is 0.0948 e. The van der Waals surface area contributed by atoms with Crippen LogP contribution in [0.25, 0.3) is 0 Å². The van der Waals surface area contributed by atoms with Crippen LogP contribution >= 0.6 is 11.8 Å². The Morgan fingerprint density at radius 1 is 1.62 bits per heavy atom. The van der Waals surface area contributed by atoms with E-state index in [0.717, 1.165) is 11.5 Å². The minimum Gasteiger partial charge on any atom is -0.389 e. The normalized spacial score (nSPS) is 30.7. The molecule has 3 unspecified atom stereocenters. The molecule has 0 bridgehead atoms. The molecule has 0 spiro atoms. The summed E-state index contributed by atoms with van der Waals surface area (Å²) in [6, 6.07) is 0.582. The van der Waals surface area contributed by atoms with Gasteiger partial charge < -0.3 is 15.2 Å². The summed E-state index contributed by atoms with van der Waals surface area (Å²) in [5.74, 6) is 2.25. The molecule has 2 N–H and O–H groups in total. The van der Waals surface area contributed by atoms with Gasteiger partial charge in [-0.05, 0) is 12.7 Å². The van der Waals surface area contributed by atoms with E-state index in [1.807, 2.05) is 11.8 Å². The first-order valence-corrected chi connectivity index (χ1v) is 5.99. The molecule has 1 fully saturated rings. The van der Waals surface area contributed by atoms with Crippen molar-refractivity contribution in [3.63, 3.8) is 0 Å². The Balaban J connectivity index is 2.15. The number of aliphatic hydroxyl groups excluding tert-OH is 1. The van der Waals surface area contributed by atoms with E-state index in [2.05, 4.69) is 19.2 Å². The highest BCUT2D eigenvalue weighted by atomic mass is 32.2. The number of nitrogens with one attached hydrogen (secondary N) is 1. The van der Waals surface area contributed by atoms with Crippen molar-refractivity contribution in [2.45, 2.75) is 32.0 Å². The van der Waals surface area contributed by atoms with Crippen LogP contribution in [0.15, 0.2) is 0 Å². The maximum Gasteiger partial charge on any atom is 0.0948 e. The molecule has 1 rings (SSSR count). The predicted octanol–water partition coefficient (Wildman–Crippen LogP) is 0.477. The van der Waals surface area contributed by atoms with Gasteiger partial charge in [-0.25, -0.2) is 0 Å². The second-order valence-electron chi connectivity index (χ2n) is 3.44. The molecule has 1 saturated heterocycles. The molecule has 1 heterocycles. The summed E-state index contributed by atoms with van der Waals surface area (Å²) >= 11 is 1.92.